The molecule has 2 bridgehead atoms. The number of esters is 3. The van der Waals surface area contributed by atoms with E-state index in [0.29, 0.717) is 24.8 Å². The lowest BCUT2D eigenvalue weighted by Gasteiger charge is -2.54. The van der Waals surface area contributed by atoms with Gasteiger partial charge in [0.1, 0.15) is 16.6 Å². The van der Waals surface area contributed by atoms with Crippen LogP contribution < -0.4 is 0 Å². The van der Waals surface area contributed by atoms with E-state index in [1.165, 1.54) is 14.0 Å². The molecule has 0 spiro atoms. The van der Waals surface area contributed by atoms with Crippen LogP contribution in [0.1, 0.15) is 58.8 Å². The number of hydrogen-bond acceptors (Lipinski definition) is 7. The quantitative estimate of drug-likeness (QED) is 0.557. The van der Waals surface area contributed by atoms with Gasteiger partial charge in [-0.25, -0.2) is 4.79 Å². The molecule has 1 N–H and O–H groups in total. The van der Waals surface area contributed by atoms with Crippen LogP contribution in [0.5, 0.6) is 0 Å². The molecule has 0 unspecified atom stereocenters. The van der Waals surface area contributed by atoms with Gasteiger partial charge >= 0.3 is 23.9 Å². The summed E-state index contributed by atoms with van der Waals surface area (Å²) in [5.74, 6) is -2.78. The molecular weight excluding hydrogens is 368 g/mol. The highest BCUT2D eigenvalue weighted by Gasteiger charge is 2.74. The average Bonchev–Trinajstić information content (AvgIpc) is 2.76. The fourth-order valence-electron chi connectivity index (χ4n) is 5.49. The number of carbonyl (C=O) groups excluding carboxylic acids is 3. The topological polar surface area (TPSA) is 116 Å². The Bertz CT molecular complexity index is 755. The minimum absolute atomic E-state index is 0.134. The van der Waals surface area contributed by atoms with Gasteiger partial charge < -0.3 is 19.3 Å². The van der Waals surface area contributed by atoms with Gasteiger partial charge in [0.05, 0.1) is 7.11 Å². The fourth-order valence-corrected chi connectivity index (χ4v) is 5.49. The van der Waals surface area contributed by atoms with E-state index in [0.717, 1.165) is 0 Å². The van der Waals surface area contributed by atoms with E-state index in [9.17, 15) is 19.2 Å². The Kier molecular flexibility index (Phi) is 5.02. The molecule has 0 amide bonds. The van der Waals surface area contributed by atoms with Gasteiger partial charge in [-0.2, -0.15) is 0 Å². The third kappa shape index (κ3) is 2.89. The van der Waals surface area contributed by atoms with Gasteiger partial charge in [0.2, 0.25) is 0 Å². The summed E-state index contributed by atoms with van der Waals surface area (Å²) in [4.78, 5) is 48.5. The molecule has 0 radical (unpaired) electrons. The Morgan fingerprint density at radius 1 is 1.32 bits per heavy atom. The van der Waals surface area contributed by atoms with Crippen molar-refractivity contribution in [3.8, 4) is 0 Å². The summed E-state index contributed by atoms with van der Waals surface area (Å²) >= 11 is 0. The molecule has 3 rings (SSSR count). The molecule has 154 valence electrons. The number of rotatable bonds is 5. The van der Waals surface area contributed by atoms with Crippen LogP contribution in [0.4, 0.5) is 0 Å². The van der Waals surface area contributed by atoms with Crippen molar-refractivity contribution in [2.24, 2.45) is 11.3 Å². The Morgan fingerprint density at radius 2 is 2.04 bits per heavy atom. The summed E-state index contributed by atoms with van der Waals surface area (Å²) < 4.78 is 16.5. The van der Waals surface area contributed by atoms with Crippen LogP contribution in [0.25, 0.3) is 0 Å². The van der Waals surface area contributed by atoms with E-state index >= 15 is 0 Å². The van der Waals surface area contributed by atoms with Crippen molar-refractivity contribution in [3.63, 3.8) is 0 Å². The summed E-state index contributed by atoms with van der Waals surface area (Å²) in [6.45, 7) is 3.02. The van der Waals surface area contributed by atoms with Crippen molar-refractivity contribution in [1.82, 2.24) is 0 Å². The molecule has 1 heterocycles. The van der Waals surface area contributed by atoms with Crippen LogP contribution in [0.2, 0.25) is 0 Å². The third-order valence-corrected chi connectivity index (χ3v) is 6.76. The molecule has 1 aliphatic heterocycles. The molecule has 1 saturated carbocycles. The SMILES string of the molecule is COC(=O)C1=CC[C@@]23CC[C@@H]([C@@](C)(CCC(=O)O)OC2=O)[C@@]3(OC(C)=O)CC1. The Balaban J connectivity index is 2.07. The molecule has 0 aromatic rings. The lowest BCUT2D eigenvalue weighted by molar-refractivity contribution is -0.244. The molecule has 0 aromatic carbocycles. The van der Waals surface area contributed by atoms with E-state index in [1.807, 2.05) is 0 Å². The van der Waals surface area contributed by atoms with E-state index in [4.69, 9.17) is 19.3 Å². The van der Waals surface area contributed by atoms with Crippen LogP contribution in [0.15, 0.2) is 11.6 Å². The minimum Gasteiger partial charge on any atom is -0.481 e. The van der Waals surface area contributed by atoms with Crippen LogP contribution in [0.3, 0.4) is 0 Å². The highest BCUT2D eigenvalue weighted by atomic mass is 16.6. The van der Waals surface area contributed by atoms with Crippen LogP contribution in [0, 0.1) is 11.3 Å². The van der Waals surface area contributed by atoms with Gasteiger partial charge in [-0.05, 0) is 45.4 Å². The first-order valence-electron chi connectivity index (χ1n) is 9.52. The van der Waals surface area contributed by atoms with Gasteiger partial charge in [0.15, 0.2) is 0 Å². The van der Waals surface area contributed by atoms with Crippen LogP contribution in [-0.4, -0.2) is 47.3 Å². The minimum atomic E-state index is -1.13. The zero-order valence-electron chi connectivity index (χ0n) is 16.4. The number of hydrogen-bond donors (Lipinski definition) is 1. The number of carbonyl (C=O) groups is 4. The molecular formula is C20H26O8. The number of aliphatic carboxylic acids is 1. The summed E-state index contributed by atoms with van der Waals surface area (Å²) in [6, 6.07) is 0. The first-order valence-corrected chi connectivity index (χ1v) is 9.52. The number of carboxylic acid groups (broad SMARTS) is 1. The number of allylic oxidation sites excluding steroid dienone is 1. The maximum atomic E-state index is 13.2. The number of cyclic esters (lactones) is 1. The predicted octanol–water partition coefficient (Wildman–Crippen LogP) is 2.15. The van der Waals surface area contributed by atoms with Crippen LogP contribution >= 0.6 is 0 Å². The molecule has 8 nitrogen and oxygen atoms in total. The Hall–Kier alpha value is -2.38. The normalized spacial score (nSPS) is 36.5. The summed E-state index contributed by atoms with van der Waals surface area (Å²) in [7, 11) is 1.30. The maximum absolute atomic E-state index is 13.2. The van der Waals surface area contributed by atoms with E-state index in [-0.39, 0.29) is 31.6 Å². The van der Waals surface area contributed by atoms with E-state index in [1.54, 1.807) is 13.0 Å². The number of carboxylic acids is 1. The Morgan fingerprint density at radius 3 is 2.64 bits per heavy atom. The van der Waals surface area contributed by atoms with Gasteiger partial charge in [0.25, 0.3) is 0 Å². The average molecular weight is 394 g/mol. The molecule has 4 atom stereocenters. The molecule has 8 heteroatoms. The second-order valence-corrected chi connectivity index (χ2v) is 8.18. The molecule has 3 aliphatic rings. The fraction of sp³-hybridized carbons (Fsp3) is 0.700. The standard InChI is InChI=1S/C20H26O8/c1-12(21)27-20-11-5-13(16(24)26-3)4-9-19(20)10-6-14(20)18(2,28-17(19)25)8-7-15(22)23/h4,14H,5-11H2,1-3H3,(H,22,23)/t14-,18+,19+,20-/m0/s1. The molecule has 0 aromatic heterocycles. The van der Waals surface area contributed by atoms with Gasteiger partial charge in [-0.1, -0.05) is 6.08 Å². The molecule has 28 heavy (non-hydrogen) atoms. The molecule has 2 fully saturated rings. The molecule has 2 aliphatic carbocycles. The van der Waals surface area contributed by atoms with E-state index < -0.39 is 40.5 Å². The second kappa shape index (κ2) is 6.90. The lowest BCUT2D eigenvalue weighted by atomic mass is 9.61. The zero-order valence-corrected chi connectivity index (χ0v) is 16.4. The van der Waals surface area contributed by atoms with Gasteiger partial charge in [-0.15, -0.1) is 0 Å². The monoisotopic (exact) mass is 394 g/mol. The highest BCUT2D eigenvalue weighted by molar-refractivity contribution is 5.89. The zero-order chi connectivity index (χ0) is 20.7. The first-order chi connectivity index (χ1) is 13.1. The largest absolute Gasteiger partial charge is 0.481 e. The Labute approximate surface area is 163 Å². The van der Waals surface area contributed by atoms with Crippen molar-refractivity contribution < 1.29 is 38.5 Å². The summed E-state index contributed by atoms with van der Waals surface area (Å²) in [5.41, 5.74) is -2.81. The summed E-state index contributed by atoms with van der Waals surface area (Å²) in [6.07, 6.45) is 3.52. The van der Waals surface area contributed by atoms with E-state index in [2.05, 4.69) is 0 Å². The maximum Gasteiger partial charge on any atom is 0.333 e. The number of ether oxygens (including phenoxy) is 3. The van der Waals surface area contributed by atoms with Crippen molar-refractivity contribution in [3.05, 3.63) is 11.6 Å². The van der Waals surface area contributed by atoms with Gasteiger partial charge in [0, 0.05) is 24.8 Å². The van der Waals surface area contributed by atoms with Crippen molar-refractivity contribution in [2.75, 3.05) is 7.11 Å². The highest BCUT2D eigenvalue weighted by Crippen LogP contribution is 2.66. The van der Waals surface area contributed by atoms with Crippen molar-refractivity contribution in [2.45, 2.75) is 70.0 Å². The van der Waals surface area contributed by atoms with Crippen molar-refractivity contribution in [1.29, 1.82) is 0 Å². The lowest BCUT2D eigenvalue weighted by Crippen LogP contribution is -2.66. The smallest absolute Gasteiger partial charge is 0.333 e. The van der Waals surface area contributed by atoms with Crippen molar-refractivity contribution >= 4 is 23.9 Å². The molecule has 1 saturated heterocycles. The number of methoxy groups -OCH3 is 1. The predicted molar refractivity (Wildman–Crippen MR) is 95.0 cm³/mol. The van der Waals surface area contributed by atoms with Crippen LogP contribution in [-0.2, 0) is 33.4 Å². The first kappa shape index (κ1) is 20.4. The van der Waals surface area contributed by atoms with Gasteiger partial charge in [-0.3, -0.25) is 14.4 Å². The third-order valence-electron chi connectivity index (χ3n) is 6.76. The summed E-state index contributed by atoms with van der Waals surface area (Å²) in [5, 5.41) is 9.12. The second-order valence-electron chi connectivity index (χ2n) is 8.18.